The zero-order valence-corrected chi connectivity index (χ0v) is 10.7. The van der Waals surface area contributed by atoms with E-state index in [0.717, 1.165) is 16.7 Å². The molecule has 0 unspecified atom stereocenters. The predicted octanol–water partition coefficient (Wildman–Crippen LogP) is 2.12. The number of carbonyl (C=O) groups excluding carboxylic acids is 1. The fourth-order valence-electron chi connectivity index (χ4n) is 1.69. The molecule has 0 aliphatic rings. The molecule has 2 aromatic rings. The molecule has 18 heavy (non-hydrogen) atoms. The summed E-state index contributed by atoms with van der Waals surface area (Å²) in [7, 11) is 3.52. The van der Waals surface area contributed by atoms with E-state index in [1.54, 1.807) is 19.0 Å². The highest BCUT2D eigenvalue weighted by Crippen LogP contribution is 2.14. The minimum Gasteiger partial charge on any atom is -0.370 e. The summed E-state index contributed by atoms with van der Waals surface area (Å²) in [6, 6.07) is 11.9. The van der Waals surface area contributed by atoms with Crippen molar-refractivity contribution in [1.82, 2.24) is 9.88 Å². The van der Waals surface area contributed by atoms with Crippen molar-refractivity contribution in [3.63, 3.8) is 0 Å². The van der Waals surface area contributed by atoms with Gasteiger partial charge in [-0.2, -0.15) is 0 Å². The summed E-state index contributed by atoms with van der Waals surface area (Å²) in [6.45, 7) is 0.600. The van der Waals surface area contributed by atoms with Gasteiger partial charge in [-0.15, -0.1) is 0 Å². The number of anilines is 1. The number of nitrogens with zero attached hydrogens (tertiary/aromatic N) is 2. The normalized spacial score (nSPS) is 10.3. The third kappa shape index (κ3) is 2.97. The maximum absolute atomic E-state index is 11.4. The topological polar surface area (TPSA) is 45.2 Å². The summed E-state index contributed by atoms with van der Waals surface area (Å²) < 4.78 is 0. The summed E-state index contributed by atoms with van der Waals surface area (Å²) in [6.07, 6.45) is 0.474. The molecule has 0 aliphatic carbocycles. The first kappa shape index (κ1) is 12.4. The number of para-hydroxylation sites is 1. The molecule has 1 N–H and O–H groups in total. The van der Waals surface area contributed by atoms with Crippen LogP contribution in [0.4, 0.5) is 5.82 Å². The standard InChI is InChI=1S/C14H17N3O/c1-17(2)14(18)9-10-15-13-8-7-11-5-3-4-6-12(11)16-13/h3-8H,9-10H2,1-2H3,(H,15,16). The lowest BCUT2D eigenvalue weighted by molar-refractivity contribution is -0.128. The quantitative estimate of drug-likeness (QED) is 0.894. The van der Waals surface area contributed by atoms with E-state index < -0.39 is 0 Å². The van der Waals surface area contributed by atoms with Crippen molar-refractivity contribution in [3.8, 4) is 0 Å². The Bertz CT molecular complexity index is 551. The van der Waals surface area contributed by atoms with Crippen LogP contribution in [0.15, 0.2) is 36.4 Å². The van der Waals surface area contributed by atoms with E-state index in [2.05, 4.69) is 10.3 Å². The Morgan fingerprint density at radius 2 is 2.00 bits per heavy atom. The molecule has 0 radical (unpaired) electrons. The molecule has 0 bridgehead atoms. The van der Waals surface area contributed by atoms with Gasteiger partial charge in [-0.25, -0.2) is 4.98 Å². The zero-order chi connectivity index (χ0) is 13.0. The van der Waals surface area contributed by atoms with Gasteiger partial charge in [-0.1, -0.05) is 18.2 Å². The van der Waals surface area contributed by atoms with Crippen LogP contribution >= 0.6 is 0 Å². The third-order valence-electron chi connectivity index (χ3n) is 2.74. The van der Waals surface area contributed by atoms with Gasteiger partial charge >= 0.3 is 0 Å². The highest BCUT2D eigenvalue weighted by molar-refractivity contribution is 5.80. The molecule has 94 valence electrons. The van der Waals surface area contributed by atoms with Gasteiger partial charge in [-0.3, -0.25) is 4.79 Å². The molecule has 0 spiro atoms. The molecule has 0 aliphatic heterocycles. The van der Waals surface area contributed by atoms with E-state index in [9.17, 15) is 4.79 Å². The van der Waals surface area contributed by atoms with Crippen molar-refractivity contribution in [2.24, 2.45) is 0 Å². The number of hydrogen-bond acceptors (Lipinski definition) is 3. The van der Waals surface area contributed by atoms with Crippen molar-refractivity contribution in [1.29, 1.82) is 0 Å². The smallest absolute Gasteiger partial charge is 0.223 e. The number of benzene rings is 1. The number of carbonyl (C=O) groups is 1. The highest BCUT2D eigenvalue weighted by atomic mass is 16.2. The van der Waals surface area contributed by atoms with E-state index in [4.69, 9.17) is 0 Å². The van der Waals surface area contributed by atoms with Crippen LogP contribution in [0.2, 0.25) is 0 Å². The maximum Gasteiger partial charge on any atom is 0.223 e. The largest absolute Gasteiger partial charge is 0.370 e. The molecular weight excluding hydrogens is 226 g/mol. The highest BCUT2D eigenvalue weighted by Gasteiger charge is 2.03. The lowest BCUT2D eigenvalue weighted by atomic mass is 10.2. The SMILES string of the molecule is CN(C)C(=O)CCNc1ccc2ccccc2n1. The van der Waals surface area contributed by atoms with Gasteiger partial charge in [0.1, 0.15) is 5.82 Å². The Morgan fingerprint density at radius 1 is 1.22 bits per heavy atom. The lowest BCUT2D eigenvalue weighted by Gasteiger charge is -2.11. The number of pyridine rings is 1. The molecule has 1 amide bonds. The van der Waals surface area contributed by atoms with Crippen LogP contribution in [0.25, 0.3) is 10.9 Å². The fraction of sp³-hybridized carbons (Fsp3) is 0.286. The van der Waals surface area contributed by atoms with Crippen LogP contribution < -0.4 is 5.32 Å². The van der Waals surface area contributed by atoms with Gasteiger partial charge in [0.15, 0.2) is 0 Å². The van der Waals surface area contributed by atoms with Gasteiger partial charge in [0.2, 0.25) is 5.91 Å². The van der Waals surface area contributed by atoms with Crippen LogP contribution in [-0.2, 0) is 4.79 Å². The Labute approximate surface area is 107 Å². The first-order chi connectivity index (χ1) is 8.66. The van der Waals surface area contributed by atoms with E-state index in [1.165, 1.54) is 0 Å². The average molecular weight is 243 g/mol. The Balaban J connectivity index is 1.98. The van der Waals surface area contributed by atoms with Crippen LogP contribution in [0.3, 0.4) is 0 Å². The first-order valence-corrected chi connectivity index (χ1v) is 5.96. The van der Waals surface area contributed by atoms with Crippen molar-refractivity contribution >= 4 is 22.6 Å². The van der Waals surface area contributed by atoms with E-state index in [0.29, 0.717) is 13.0 Å². The molecule has 1 aromatic carbocycles. The predicted molar refractivity (Wildman–Crippen MR) is 73.5 cm³/mol. The number of rotatable bonds is 4. The molecule has 4 nitrogen and oxygen atoms in total. The summed E-state index contributed by atoms with van der Waals surface area (Å²) in [5.41, 5.74) is 0.960. The van der Waals surface area contributed by atoms with Crippen molar-refractivity contribution in [2.45, 2.75) is 6.42 Å². The Morgan fingerprint density at radius 3 is 2.78 bits per heavy atom. The molecule has 1 heterocycles. The van der Waals surface area contributed by atoms with Crippen LogP contribution in [0.5, 0.6) is 0 Å². The van der Waals surface area contributed by atoms with E-state index >= 15 is 0 Å². The third-order valence-corrected chi connectivity index (χ3v) is 2.74. The molecular formula is C14H17N3O. The summed E-state index contributed by atoms with van der Waals surface area (Å²) in [4.78, 5) is 17.5. The zero-order valence-electron chi connectivity index (χ0n) is 10.7. The molecule has 1 aromatic heterocycles. The van der Waals surface area contributed by atoms with Crippen molar-refractivity contribution in [3.05, 3.63) is 36.4 Å². The van der Waals surface area contributed by atoms with Gasteiger partial charge in [0, 0.05) is 32.4 Å². The molecule has 0 fully saturated rings. The number of nitrogens with one attached hydrogen (secondary N) is 1. The molecule has 0 saturated carbocycles. The fourth-order valence-corrected chi connectivity index (χ4v) is 1.69. The number of hydrogen-bond donors (Lipinski definition) is 1. The van der Waals surface area contributed by atoms with Crippen LogP contribution in [0, 0.1) is 0 Å². The minimum absolute atomic E-state index is 0.114. The van der Waals surface area contributed by atoms with Gasteiger partial charge < -0.3 is 10.2 Å². The van der Waals surface area contributed by atoms with E-state index in [-0.39, 0.29) is 5.91 Å². The van der Waals surface area contributed by atoms with Crippen LogP contribution in [-0.4, -0.2) is 36.4 Å². The lowest BCUT2D eigenvalue weighted by Crippen LogP contribution is -2.24. The summed E-state index contributed by atoms with van der Waals surface area (Å²) >= 11 is 0. The first-order valence-electron chi connectivity index (χ1n) is 5.96. The Kier molecular flexibility index (Phi) is 3.77. The van der Waals surface area contributed by atoms with Crippen LogP contribution in [0.1, 0.15) is 6.42 Å². The van der Waals surface area contributed by atoms with Gasteiger partial charge in [0.05, 0.1) is 5.52 Å². The van der Waals surface area contributed by atoms with E-state index in [1.807, 2.05) is 36.4 Å². The maximum atomic E-state index is 11.4. The van der Waals surface area contributed by atoms with Crippen molar-refractivity contribution < 1.29 is 4.79 Å². The molecule has 2 rings (SSSR count). The van der Waals surface area contributed by atoms with Crippen molar-refractivity contribution in [2.75, 3.05) is 26.0 Å². The second-order valence-electron chi connectivity index (χ2n) is 4.35. The Hall–Kier alpha value is -2.10. The van der Waals surface area contributed by atoms with Gasteiger partial charge in [-0.05, 0) is 18.2 Å². The summed E-state index contributed by atoms with van der Waals surface area (Å²) in [5, 5.41) is 4.28. The molecule has 0 atom stereocenters. The van der Waals surface area contributed by atoms with Gasteiger partial charge in [0.25, 0.3) is 0 Å². The monoisotopic (exact) mass is 243 g/mol. The number of fused-ring (bicyclic) bond motifs is 1. The average Bonchev–Trinajstić information content (AvgIpc) is 2.38. The summed E-state index contributed by atoms with van der Waals surface area (Å²) in [5.74, 6) is 0.920. The number of amides is 1. The second-order valence-corrected chi connectivity index (χ2v) is 4.35. The molecule has 0 saturated heterocycles. The minimum atomic E-state index is 0.114. The molecule has 4 heteroatoms. The second kappa shape index (κ2) is 5.49. The number of aromatic nitrogens is 1.